The molecule has 1 aliphatic heterocycles. The summed E-state index contributed by atoms with van der Waals surface area (Å²) in [6, 6.07) is 18.2. The molecule has 5 rings (SSSR count). The molecule has 1 N–H and O–H groups in total. The number of nitrogens with zero attached hydrogens (tertiary/aromatic N) is 6. The summed E-state index contributed by atoms with van der Waals surface area (Å²) < 4.78 is 7.33. The van der Waals surface area contributed by atoms with E-state index >= 15 is 0 Å². The van der Waals surface area contributed by atoms with Gasteiger partial charge in [0, 0.05) is 38.9 Å². The lowest BCUT2D eigenvalue weighted by Crippen LogP contribution is -2.47. The van der Waals surface area contributed by atoms with Crippen molar-refractivity contribution in [2.45, 2.75) is 0 Å². The van der Waals surface area contributed by atoms with Crippen LogP contribution in [0.5, 0.6) is 5.75 Å². The maximum Gasteiger partial charge on any atom is 0.229 e. The second-order valence-corrected chi connectivity index (χ2v) is 7.51. The van der Waals surface area contributed by atoms with Crippen LogP contribution in [0.2, 0.25) is 0 Å². The summed E-state index contributed by atoms with van der Waals surface area (Å²) in [6.07, 6.45) is 1.81. The van der Waals surface area contributed by atoms with Gasteiger partial charge in [0.2, 0.25) is 5.95 Å². The van der Waals surface area contributed by atoms with E-state index in [0.717, 1.165) is 60.2 Å². The average molecular weight is 416 g/mol. The predicted octanol–water partition coefficient (Wildman–Crippen LogP) is 3.44. The molecule has 0 unspecified atom stereocenters. The minimum absolute atomic E-state index is 0.717. The highest BCUT2D eigenvalue weighted by Crippen LogP contribution is 2.30. The van der Waals surface area contributed by atoms with Crippen LogP contribution in [0.1, 0.15) is 0 Å². The van der Waals surface area contributed by atoms with Crippen LogP contribution in [0.15, 0.2) is 60.8 Å². The third-order valence-corrected chi connectivity index (χ3v) is 5.61. The van der Waals surface area contributed by atoms with E-state index in [1.807, 2.05) is 61.8 Å². The number of benzene rings is 2. The number of rotatable bonds is 5. The van der Waals surface area contributed by atoms with Crippen molar-refractivity contribution >= 4 is 34.2 Å². The minimum atomic E-state index is 0.717. The monoisotopic (exact) mass is 415 g/mol. The summed E-state index contributed by atoms with van der Waals surface area (Å²) in [6.45, 7) is 3.39. The Balaban J connectivity index is 1.41. The molecule has 1 aliphatic rings. The Morgan fingerprint density at radius 1 is 0.871 bits per heavy atom. The number of para-hydroxylation sites is 3. The molecule has 2 aromatic carbocycles. The quantitative estimate of drug-likeness (QED) is 0.535. The second-order valence-electron chi connectivity index (χ2n) is 7.51. The normalized spacial score (nSPS) is 14.1. The molecular formula is C23H25N7O. The van der Waals surface area contributed by atoms with Gasteiger partial charge in [-0.3, -0.25) is 4.68 Å². The number of fused-ring (bicyclic) bond motifs is 1. The van der Waals surface area contributed by atoms with Crippen molar-refractivity contribution in [3.8, 4) is 5.75 Å². The largest absolute Gasteiger partial charge is 0.495 e. The molecule has 2 aromatic heterocycles. The Kier molecular flexibility index (Phi) is 5.03. The number of hydrogen-bond donors (Lipinski definition) is 1. The number of hydrogen-bond acceptors (Lipinski definition) is 7. The summed E-state index contributed by atoms with van der Waals surface area (Å²) in [5.41, 5.74) is 2.92. The molecule has 0 aliphatic carbocycles. The molecule has 8 nitrogen and oxygen atoms in total. The Morgan fingerprint density at radius 2 is 1.58 bits per heavy atom. The fourth-order valence-electron chi connectivity index (χ4n) is 3.94. The number of ether oxygens (including phenoxy) is 1. The molecule has 8 heteroatoms. The zero-order valence-corrected chi connectivity index (χ0v) is 17.7. The van der Waals surface area contributed by atoms with Crippen molar-refractivity contribution in [2.75, 3.05) is 48.4 Å². The summed E-state index contributed by atoms with van der Waals surface area (Å²) in [7, 11) is 3.62. The first-order valence-electron chi connectivity index (χ1n) is 10.4. The van der Waals surface area contributed by atoms with E-state index in [1.165, 1.54) is 0 Å². The van der Waals surface area contributed by atoms with E-state index in [9.17, 15) is 0 Å². The molecule has 4 aromatic rings. The standard InChI is InChI=1S/C23H25N7O/c1-28-22-18(16-24-28)21(25-17-8-4-3-5-9-17)26-23(27-22)30-14-12-29(13-15-30)19-10-6-7-11-20(19)31-2/h3-11,16H,12-15H2,1-2H3,(H,25,26,27). The van der Waals surface area contributed by atoms with Crippen LogP contribution in [0.4, 0.5) is 23.1 Å². The summed E-state index contributed by atoms with van der Waals surface area (Å²) >= 11 is 0. The van der Waals surface area contributed by atoms with Crippen molar-refractivity contribution in [3.05, 3.63) is 60.8 Å². The fraction of sp³-hybridized carbons (Fsp3) is 0.261. The number of piperazine rings is 1. The summed E-state index contributed by atoms with van der Waals surface area (Å²) in [5, 5.41) is 8.73. The number of anilines is 4. The van der Waals surface area contributed by atoms with Gasteiger partial charge in [-0.15, -0.1) is 0 Å². The summed E-state index contributed by atoms with van der Waals surface area (Å²) in [4.78, 5) is 14.3. The minimum Gasteiger partial charge on any atom is -0.495 e. The highest BCUT2D eigenvalue weighted by Gasteiger charge is 2.23. The van der Waals surface area contributed by atoms with Gasteiger partial charge in [-0.05, 0) is 24.3 Å². The van der Waals surface area contributed by atoms with E-state index in [0.29, 0.717) is 5.95 Å². The van der Waals surface area contributed by atoms with E-state index < -0.39 is 0 Å². The van der Waals surface area contributed by atoms with Gasteiger partial charge in [-0.25, -0.2) is 0 Å². The maximum atomic E-state index is 5.54. The van der Waals surface area contributed by atoms with Gasteiger partial charge in [0.15, 0.2) is 5.65 Å². The van der Waals surface area contributed by atoms with E-state index in [2.05, 4.69) is 26.3 Å². The van der Waals surface area contributed by atoms with Gasteiger partial charge < -0.3 is 19.9 Å². The SMILES string of the molecule is COc1ccccc1N1CCN(c2nc(Nc3ccccc3)c3cnn(C)c3n2)CC1. The third kappa shape index (κ3) is 3.72. The number of nitrogens with one attached hydrogen (secondary N) is 1. The van der Waals surface area contributed by atoms with Crippen LogP contribution >= 0.6 is 0 Å². The second kappa shape index (κ2) is 8.14. The van der Waals surface area contributed by atoms with Gasteiger partial charge in [0.05, 0.1) is 24.4 Å². The molecule has 0 saturated carbocycles. The molecule has 0 atom stereocenters. The Labute approximate surface area is 181 Å². The Hall–Kier alpha value is -3.81. The van der Waals surface area contributed by atoms with Crippen LogP contribution in [-0.4, -0.2) is 53.0 Å². The molecule has 0 bridgehead atoms. The fourth-order valence-corrected chi connectivity index (χ4v) is 3.94. The number of methoxy groups -OCH3 is 1. The van der Waals surface area contributed by atoms with Crippen LogP contribution in [-0.2, 0) is 7.05 Å². The van der Waals surface area contributed by atoms with Crippen LogP contribution in [0, 0.1) is 0 Å². The topological polar surface area (TPSA) is 71.3 Å². The van der Waals surface area contributed by atoms with Crippen LogP contribution in [0.25, 0.3) is 11.0 Å². The van der Waals surface area contributed by atoms with Gasteiger partial charge in [-0.2, -0.15) is 15.1 Å². The smallest absolute Gasteiger partial charge is 0.229 e. The first kappa shape index (κ1) is 19.2. The van der Waals surface area contributed by atoms with Crippen molar-refractivity contribution in [1.82, 2.24) is 19.7 Å². The van der Waals surface area contributed by atoms with Gasteiger partial charge in [0.25, 0.3) is 0 Å². The molecule has 1 fully saturated rings. The van der Waals surface area contributed by atoms with E-state index in [-0.39, 0.29) is 0 Å². The molecule has 3 heterocycles. The van der Waals surface area contributed by atoms with Crippen LogP contribution < -0.4 is 19.9 Å². The highest BCUT2D eigenvalue weighted by molar-refractivity contribution is 5.89. The Bertz CT molecular complexity index is 1180. The van der Waals surface area contributed by atoms with Crippen molar-refractivity contribution in [3.63, 3.8) is 0 Å². The molecule has 0 amide bonds. The van der Waals surface area contributed by atoms with E-state index in [4.69, 9.17) is 14.7 Å². The number of aromatic nitrogens is 4. The third-order valence-electron chi connectivity index (χ3n) is 5.61. The van der Waals surface area contributed by atoms with E-state index in [1.54, 1.807) is 11.8 Å². The molecule has 1 saturated heterocycles. The molecule has 158 valence electrons. The predicted molar refractivity (Wildman–Crippen MR) is 123 cm³/mol. The van der Waals surface area contributed by atoms with Gasteiger partial charge in [0.1, 0.15) is 11.6 Å². The van der Waals surface area contributed by atoms with Crippen molar-refractivity contribution < 1.29 is 4.74 Å². The first-order chi connectivity index (χ1) is 15.2. The Morgan fingerprint density at radius 3 is 2.35 bits per heavy atom. The summed E-state index contributed by atoms with van der Waals surface area (Å²) in [5.74, 6) is 2.39. The molecule has 0 spiro atoms. The zero-order chi connectivity index (χ0) is 21.2. The van der Waals surface area contributed by atoms with Gasteiger partial charge in [-0.1, -0.05) is 30.3 Å². The molecular weight excluding hydrogens is 390 g/mol. The van der Waals surface area contributed by atoms with Crippen molar-refractivity contribution in [1.29, 1.82) is 0 Å². The van der Waals surface area contributed by atoms with Crippen LogP contribution in [0.3, 0.4) is 0 Å². The zero-order valence-electron chi connectivity index (χ0n) is 17.7. The lowest BCUT2D eigenvalue weighted by Gasteiger charge is -2.36. The van der Waals surface area contributed by atoms with Crippen molar-refractivity contribution in [2.24, 2.45) is 7.05 Å². The number of aryl methyl sites for hydroxylation is 1. The molecule has 0 radical (unpaired) electrons. The van der Waals surface area contributed by atoms with Gasteiger partial charge >= 0.3 is 0 Å². The lowest BCUT2D eigenvalue weighted by atomic mass is 10.2. The highest BCUT2D eigenvalue weighted by atomic mass is 16.5. The lowest BCUT2D eigenvalue weighted by molar-refractivity contribution is 0.413. The molecule has 31 heavy (non-hydrogen) atoms. The first-order valence-corrected chi connectivity index (χ1v) is 10.4. The average Bonchev–Trinajstić information content (AvgIpc) is 3.21. The maximum absolute atomic E-state index is 5.54.